The van der Waals surface area contributed by atoms with E-state index >= 15 is 0 Å². The minimum absolute atomic E-state index is 0.144. The van der Waals surface area contributed by atoms with Crippen molar-refractivity contribution in [1.29, 1.82) is 0 Å². The Hall–Kier alpha value is -2.87. The van der Waals surface area contributed by atoms with Crippen LogP contribution in [0.1, 0.15) is 5.56 Å². The molecule has 0 aliphatic carbocycles. The van der Waals surface area contributed by atoms with Crippen molar-refractivity contribution in [1.82, 2.24) is 0 Å². The minimum Gasteiger partial charge on any atom is -0.457 e. The number of sulfonamides is 1. The molecule has 144 valence electrons. The summed E-state index contributed by atoms with van der Waals surface area (Å²) in [6.45, 7) is 0. The molecule has 3 aromatic rings. The maximum absolute atomic E-state index is 12.3. The maximum Gasteiger partial charge on any atom is 0.238 e. The molecule has 0 fully saturated rings. The van der Waals surface area contributed by atoms with Crippen molar-refractivity contribution in [2.24, 2.45) is 5.14 Å². The molecule has 1 amide bonds. The highest BCUT2D eigenvalue weighted by molar-refractivity contribution is 7.89. The second-order valence-corrected chi connectivity index (χ2v) is 8.01. The Morgan fingerprint density at radius 2 is 1.71 bits per heavy atom. The van der Waals surface area contributed by atoms with Crippen LogP contribution in [0.3, 0.4) is 0 Å². The molecule has 0 aliphatic rings. The van der Waals surface area contributed by atoms with Crippen LogP contribution in [0.25, 0.3) is 0 Å². The molecule has 28 heavy (non-hydrogen) atoms. The van der Waals surface area contributed by atoms with Crippen molar-refractivity contribution in [2.45, 2.75) is 11.3 Å². The van der Waals surface area contributed by atoms with Gasteiger partial charge in [0.1, 0.15) is 11.5 Å². The normalized spacial score (nSPS) is 11.1. The van der Waals surface area contributed by atoms with Crippen LogP contribution in [0.5, 0.6) is 11.5 Å². The number of hydrogen-bond donors (Lipinski definition) is 2. The zero-order valence-electron chi connectivity index (χ0n) is 14.6. The van der Waals surface area contributed by atoms with Crippen molar-refractivity contribution < 1.29 is 17.9 Å². The van der Waals surface area contributed by atoms with Crippen LogP contribution in [-0.2, 0) is 21.2 Å². The van der Waals surface area contributed by atoms with Crippen molar-refractivity contribution in [3.05, 3.63) is 83.4 Å². The van der Waals surface area contributed by atoms with Gasteiger partial charge in [-0.3, -0.25) is 4.79 Å². The highest BCUT2D eigenvalue weighted by Gasteiger charge is 2.14. The fraction of sp³-hybridized carbons (Fsp3) is 0.0500. The molecule has 0 heterocycles. The van der Waals surface area contributed by atoms with E-state index in [2.05, 4.69) is 5.32 Å². The Morgan fingerprint density at radius 3 is 2.39 bits per heavy atom. The fourth-order valence-corrected chi connectivity index (χ4v) is 3.27. The Bertz CT molecular complexity index is 1100. The van der Waals surface area contributed by atoms with Crippen LogP contribution in [0.15, 0.2) is 77.7 Å². The Labute approximate surface area is 168 Å². The first-order valence-electron chi connectivity index (χ1n) is 8.25. The number of hydrogen-bond acceptors (Lipinski definition) is 4. The number of nitrogens with one attached hydrogen (secondary N) is 1. The third kappa shape index (κ3) is 5.56. The summed E-state index contributed by atoms with van der Waals surface area (Å²) >= 11 is 5.94. The zero-order valence-corrected chi connectivity index (χ0v) is 16.2. The second kappa shape index (κ2) is 8.43. The number of primary sulfonamides is 1. The van der Waals surface area contributed by atoms with Crippen LogP contribution >= 0.6 is 11.6 Å². The first-order valence-corrected chi connectivity index (χ1v) is 10.2. The largest absolute Gasteiger partial charge is 0.457 e. The Morgan fingerprint density at radius 1 is 0.964 bits per heavy atom. The van der Waals surface area contributed by atoms with Crippen molar-refractivity contribution >= 4 is 33.2 Å². The Kier molecular flexibility index (Phi) is 5.99. The van der Waals surface area contributed by atoms with Crippen molar-refractivity contribution in [2.75, 3.05) is 5.32 Å². The van der Waals surface area contributed by atoms with E-state index in [9.17, 15) is 13.2 Å². The van der Waals surface area contributed by atoms with E-state index in [1.54, 1.807) is 24.3 Å². The molecule has 0 spiro atoms. The van der Waals surface area contributed by atoms with Crippen LogP contribution < -0.4 is 15.2 Å². The third-order valence-electron chi connectivity index (χ3n) is 3.73. The molecule has 3 N–H and O–H groups in total. The standard InChI is InChI=1S/C20H17ClN2O4S/c21-15-7-4-8-17(10-15)27-18-11-16(12-19(13-18)28(22,25)26)23-20(24)9-14-5-2-1-3-6-14/h1-8,10-13H,9H2,(H,23,24)(H2,22,25,26). The summed E-state index contributed by atoms with van der Waals surface area (Å²) in [7, 11) is -4.00. The molecule has 0 saturated heterocycles. The summed E-state index contributed by atoms with van der Waals surface area (Å²) in [4.78, 5) is 12.1. The molecule has 0 saturated carbocycles. The van der Waals surface area contributed by atoms with Gasteiger partial charge >= 0.3 is 0 Å². The summed E-state index contributed by atoms with van der Waals surface area (Å²) < 4.78 is 29.3. The molecule has 0 aromatic heterocycles. The van der Waals surface area contributed by atoms with Gasteiger partial charge in [0, 0.05) is 22.8 Å². The van der Waals surface area contributed by atoms with E-state index in [-0.39, 0.29) is 28.7 Å². The van der Waals surface area contributed by atoms with Gasteiger partial charge in [-0.2, -0.15) is 0 Å². The molecule has 0 aliphatic heterocycles. The van der Waals surface area contributed by atoms with Gasteiger partial charge in [-0.25, -0.2) is 13.6 Å². The molecule has 3 aromatic carbocycles. The smallest absolute Gasteiger partial charge is 0.238 e. The first kappa shape index (κ1) is 19.9. The molecule has 0 atom stereocenters. The Balaban J connectivity index is 1.86. The SMILES string of the molecule is NS(=O)(=O)c1cc(NC(=O)Cc2ccccc2)cc(Oc2cccc(Cl)c2)c1. The van der Waals surface area contributed by atoms with Gasteiger partial charge in [-0.05, 0) is 29.8 Å². The molecule has 6 nitrogen and oxygen atoms in total. The zero-order chi connectivity index (χ0) is 20.1. The summed E-state index contributed by atoms with van der Waals surface area (Å²) in [5.41, 5.74) is 1.09. The molecule has 8 heteroatoms. The molecular weight excluding hydrogens is 400 g/mol. The first-order chi connectivity index (χ1) is 13.3. The number of halogens is 1. The lowest BCUT2D eigenvalue weighted by atomic mass is 10.1. The molecule has 0 unspecified atom stereocenters. The number of carbonyl (C=O) groups excluding carboxylic acids is 1. The lowest BCUT2D eigenvalue weighted by Crippen LogP contribution is -2.16. The predicted molar refractivity (Wildman–Crippen MR) is 108 cm³/mol. The van der Waals surface area contributed by atoms with E-state index in [1.165, 1.54) is 18.2 Å². The van der Waals surface area contributed by atoms with Gasteiger partial charge in [-0.1, -0.05) is 48.0 Å². The van der Waals surface area contributed by atoms with E-state index in [0.29, 0.717) is 10.8 Å². The minimum atomic E-state index is -4.00. The summed E-state index contributed by atoms with van der Waals surface area (Å²) in [5.74, 6) is 0.316. The van der Waals surface area contributed by atoms with E-state index in [0.717, 1.165) is 5.56 Å². The number of anilines is 1. The maximum atomic E-state index is 12.3. The van der Waals surface area contributed by atoms with Crippen LogP contribution in [-0.4, -0.2) is 14.3 Å². The van der Waals surface area contributed by atoms with Crippen LogP contribution in [0.2, 0.25) is 5.02 Å². The average Bonchev–Trinajstić information content (AvgIpc) is 2.61. The number of carbonyl (C=O) groups is 1. The van der Waals surface area contributed by atoms with Crippen molar-refractivity contribution in [3.8, 4) is 11.5 Å². The molecular formula is C20H17ClN2O4S. The van der Waals surface area contributed by atoms with Gasteiger partial charge < -0.3 is 10.1 Å². The van der Waals surface area contributed by atoms with E-state index in [4.69, 9.17) is 21.5 Å². The molecule has 0 radical (unpaired) electrons. The average molecular weight is 417 g/mol. The number of rotatable bonds is 6. The third-order valence-corrected chi connectivity index (χ3v) is 4.86. The molecule has 0 bridgehead atoms. The second-order valence-electron chi connectivity index (χ2n) is 6.01. The van der Waals surface area contributed by atoms with Gasteiger partial charge in [-0.15, -0.1) is 0 Å². The fourth-order valence-electron chi connectivity index (χ4n) is 2.52. The highest BCUT2D eigenvalue weighted by Crippen LogP contribution is 2.29. The highest BCUT2D eigenvalue weighted by atomic mass is 35.5. The number of benzene rings is 3. The summed E-state index contributed by atoms with van der Waals surface area (Å²) in [6, 6.07) is 19.9. The number of amides is 1. The summed E-state index contributed by atoms with van der Waals surface area (Å²) in [6.07, 6.45) is 0.144. The lowest BCUT2D eigenvalue weighted by Gasteiger charge is -2.12. The monoisotopic (exact) mass is 416 g/mol. The van der Waals surface area contributed by atoms with Crippen molar-refractivity contribution in [3.63, 3.8) is 0 Å². The van der Waals surface area contributed by atoms with Crippen LogP contribution in [0, 0.1) is 0 Å². The topological polar surface area (TPSA) is 98.5 Å². The summed E-state index contributed by atoms with van der Waals surface area (Å²) in [5, 5.41) is 8.39. The number of ether oxygens (including phenoxy) is 1. The van der Waals surface area contributed by atoms with Gasteiger partial charge in [0.15, 0.2) is 0 Å². The molecule has 3 rings (SSSR count). The van der Waals surface area contributed by atoms with Gasteiger partial charge in [0.2, 0.25) is 15.9 Å². The number of nitrogens with two attached hydrogens (primary N) is 1. The van der Waals surface area contributed by atoms with E-state index < -0.39 is 10.0 Å². The van der Waals surface area contributed by atoms with Gasteiger partial charge in [0.05, 0.1) is 11.3 Å². The van der Waals surface area contributed by atoms with Gasteiger partial charge in [0.25, 0.3) is 0 Å². The van der Waals surface area contributed by atoms with Crippen LogP contribution in [0.4, 0.5) is 5.69 Å². The van der Waals surface area contributed by atoms with E-state index in [1.807, 2.05) is 30.3 Å². The lowest BCUT2D eigenvalue weighted by molar-refractivity contribution is -0.115. The predicted octanol–water partition coefficient (Wildman–Crippen LogP) is 3.96. The quantitative estimate of drug-likeness (QED) is 0.635.